The van der Waals surface area contributed by atoms with Gasteiger partial charge in [0.05, 0.1) is 0 Å². The van der Waals surface area contributed by atoms with E-state index in [0.29, 0.717) is 12.2 Å². The number of nitrogens with two attached hydrogens (primary N) is 1. The van der Waals surface area contributed by atoms with Crippen molar-refractivity contribution in [1.82, 2.24) is 4.90 Å². The van der Waals surface area contributed by atoms with Gasteiger partial charge in [0.2, 0.25) is 0 Å². The predicted octanol–water partition coefficient (Wildman–Crippen LogP) is 0.895. The lowest BCUT2D eigenvalue weighted by molar-refractivity contribution is -0.191. The van der Waals surface area contributed by atoms with Crippen molar-refractivity contribution in [2.45, 2.75) is 44.6 Å². The highest BCUT2D eigenvalue weighted by molar-refractivity contribution is 6.40. The Hall–Kier alpha value is -1.50. The minimum absolute atomic E-state index is 0.238. The maximum absolute atomic E-state index is 8.82. The molecule has 1 aliphatic rings. The fourth-order valence-corrected chi connectivity index (χ4v) is 3.14. The average Bonchev–Trinajstić information content (AvgIpc) is 3.01. The quantitative estimate of drug-likeness (QED) is 0.482. The Morgan fingerprint density at radius 2 is 1.92 bits per heavy atom. The van der Waals surface area contributed by atoms with E-state index in [-0.39, 0.29) is 12.2 Å². The van der Waals surface area contributed by atoms with Crippen LogP contribution in [0.1, 0.15) is 31.2 Å². The van der Waals surface area contributed by atoms with Crippen LogP contribution in [0.5, 0.6) is 0 Å². The second-order valence-corrected chi connectivity index (χ2v) is 6.28. The highest BCUT2D eigenvalue weighted by Gasteiger charge is 2.27. The normalized spacial score (nSPS) is 18.4. The van der Waals surface area contributed by atoms with Gasteiger partial charge in [0.15, 0.2) is 0 Å². The molecule has 2 atom stereocenters. The van der Waals surface area contributed by atoms with Crippen LogP contribution in [0.25, 0.3) is 0 Å². The van der Waals surface area contributed by atoms with E-state index >= 15 is 0 Å². The summed E-state index contributed by atoms with van der Waals surface area (Å²) in [5, 5.41) is 17.6. The number of benzene rings is 1. The fraction of sp³-hybridized carbons (Fsp3) is 0.588. The average molecular weight is 334 g/mol. The van der Waals surface area contributed by atoms with Gasteiger partial charge in [-0.1, -0.05) is 43.2 Å². The molecule has 2 unspecified atom stereocenters. The second-order valence-electron chi connectivity index (χ2n) is 6.28. The van der Waals surface area contributed by atoms with Crippen LogP contribution in [0.15, 0.2) is 30.3 Å². The summed E-state index contributed by atoms with van der Waals surface area (Å²) >= 11 is 0. The highest BCUT2D eigenvalue weighted by Crippen LogP contribution is 2.23. The third kappa shape index (κ3) is 8.38. The van der Waals surface area contributed by atoms with Crippen LogP contribution in [0.4, 0.5) is 0 Å². The number of nitrogens with zero attached hydrogens (tertiary/aromatic N) is 1. The molecule has 0 radical (unpaired) electrons. The summed E-state index contributed by atoms with van der Waals surface area (Å²) in [4.78, 5) is 18.7. The highest BCUT2D eigenvalue weighted by atomic mass is 16.4. The smallest absolute Gasteiger partial charge is 0.427 e. The minimum atomic E-state index is -1.17. The van der Waals surface area contributed by atoms with Crippen LogP contribution in [0.3, 0.4) is 0 Å². The molecule has 0 saturated carbocycles. The van der Waals surface area contributed by atoms with Gasteiger partial charge in [-0.2, -0.15) is 9.59 Å². The molecule has 4 N–H and O–H groups in total. The largest absolute Gasteiger partial charge is 0.451 e. The SMILES string of the molecule is NC(CCCCB(O)O)C1CCN(Cc2ccccc2)C1.O=C=O. The Morgan fingerprint density at radius 1 is 1.25 bits per heavy atom. The maximum atomic E-state index is 8.82. The first kappa shape index (κ1) is 20.5. The molecule has 1 aromatic rings. The molecular weight excluding hydrogens is 307 g/mol. The van der Waals surface area contributed by atoms with Crippen molar-refractivity contribution in [3.8, 4) is 0 Å². The van der Waals surface area contributed by atoms with Crippen LogP contribution in [0, 0.1) is 5.92 Å². The van der Waals surface area contributed by atoms with Gasteiger partial charge >= 0.3 is 13.3 Å². The molecule has 0 bridgehead atoms. The number of hydrogen-bond acceptors (Lipinski definition) is 6. The van der Waals surface area contributed by atoms with Crippen LogP contribution in [-0.2, 0) is 16.1 Å². The van der Waals surface area contributed by atoms with Gasteiger partial charge < -0.3 is 15.8 Å². The molecule has 2 rings (SSSR count). The van der Waals surface area contributed by atoms with E-state index in [4.69, 9.17) is 25.4 Å². The van der Waals surface area contributed by atoms with Gasteiger partial charge in [-0.3, -0.25) is 4.90 Å². The molecule has 1 aliphatic heterocycles. The van der Waals surface area contributed by atoms with Gasteiger partial charge in [-0.15, -0.1) is 0 Å². The summed E-state index contributed by atoms with van der Waals surface area (Å²) in [6, 6.07) is 10.8. The standard InChI is InChI=1S/C16H27BN2O2.CO2/c18-16(8-4-5-10-17(20)21)15-9-11-19(13-15)12-14-6-2-1-3-7-14;2-1-3/h1-3,6-7,15-16,20-21H,4-5,8-13,18H2;. The lowest BCUT2D eigenvalue weighted by atomic mass is 9.82. The lowest BCUT2D eigenvalue weighted by Gasteiger charge is -2.20. The Kier molecular flexibility index (Phi) is 10.2. The lowest BCUT2D eigenvalue weighted by Crippen LogP contribution is -2.32. The van der Waals surface area contributed by atoms with Gasteiger partial charge in [0.25, 0.3) is 0 Å². The fourth-order valence-electron chi connectivity index (χ4n) is 3.14. The Balaban J connectivity index is 0.000000891. The zero-order valence-corrected chi connectivity index (χ0v) is 14.0. The van der Waals surface area contributed by atoms with E-state index in [1.807, 2.05) is 0 Å². The maximum Gasteiger partial charge on any atom is 0.451 e. The first-order valence-electron chi connectivity index (χ1n) is 8.44. The third-order valence-corrected chi connectivity index (χ3v) is 4.41. The second kappa shape index (κ2) is 12.0. The summed E-state index contributed by atoms with van der Waals surface area (Å²) in [5.74, 6) is 0.577. The molecule has 6 nitrogen and oxygen atoms in total. The van der Waals surface area contributed by atoms with E-state index in [1.54, 1.807) is 0 Å². The van der Waals surface area contributed by atoms with Crippen LogP contribution in [-0.4, -0.2) is 47.3 Å². The number of rotatable bonds is 8. The molecule has 0 amide bonds. The first-order valence-corrected chi connectivity index (χ1v) is 8.44. The van der Waals surface area contributed by atoms with E-state index < -0.39 is 7.12 Å². The zero-order chi connectivity index (χ0) is 17.8. The number of carbonyl (C=O) groups excluding carboxylic acids is 2. The van der Waals surface area contributed by atoms with Crippen LogP contribution in [0.2, 0.25) is 6.32 Å². The van der Waals surface area contributed by atoms with E-state index in [2.05, 4.69) is 35.2 Å². The Bertz CT molecular complexity index is 481. The summed E-state index contributed by atoms with van der Waals surface area (Å²) in [5.41, 5.74) is 7.66. The van der Waals surface area contributed by atoms with Gasteiger partial charge in [-0.05, 0) is 37.2 Å². The van der Waals surface area contributed by atoms with E-state index in [1.165, 1.54) is 12.0 Å². The summed E-state index contributed by atoms with van der Waals surface area (Å²) in [6.45, 7) is 3.22. The van der Waals surface area contributed by atoms with Crippen molar-refractivity contribution < 1.29 is 19.6 Å². The van der Waals surface area contributed by atoms with E-state index in [9.17, 15) is 0 Å². The van der Waals surface area contributed by atoms with Crippen LogP contribution >= 0.6 is 0 Å². The van der Waals surface area contributed by atoms with Gasteiger partial charge in [0, 0.05) is 19.1 Å². The summed E-state index contributed by atoms with van der Waals surface area (Å²) < 4.78 is 0. The minimum Gasteiger partial charge on any atom is -0.427 e. The zero-order valence-electron chi connectivity index (χ0n) is 14.0. The molecule has 0 aliphatic carbocycles. The van der Waals surface area contributed by atoms with Gasteiger partial charge in [0.1, 0.15) is 0 Å². The van der Waals surface area contributed by atoms with Gasteiger partial charge in [-0.25, -0.2) is 0 Å². The number of likely N-dealkylation sites (tertiary alicyclic amines) is 1. The van der Waals surface area contributed by atoms with Crippen molar-refractivity contribution in [2.24, 2.45) is 11.7 Å². The summed E-state index contributed by atoms with van der Waals surface area (Å²) in [6.07, 6.45) is 4.69. The Labute approximate surface area is 143 Å². The van der Waals surface area contributed by atoms with E-state index in [0.717, 1.165) is 38.9 Å². The number of hydrogen-bond donors (Lipinski definition) is 3. The van der Waals surface area contributed by atoms with Crippen molar-refractivity contribution >= 4 is 13.3 Å². The molecule has 132 valence electrons. The first-order chi connectivity index (χ1) is 11.6. The topological polar surface area (TPSA) is 104 Å². The molecule has 7 heteroatoms. The third-order valence-electron chi connectivity index (χ3n) is 4.41. The molecule has 1 fully saturated rings. The molecule has 1 saturated heterocycles. The van der Waals surface area contributed by atoms with Crippen LogP contribution < -0.4 is 5.73 Å². The monoisotopic (exact) mass is 334 g/mol. The predicted molar refractivity (Wildman–Crippen MR) is 91.7 cm³/mol. The Morgan fingerprint density at radius 3 is 2.54 bits per heavy atom. The number of unbranched alkanes of at least 4 members (excludes halogenated alkanes) is 1. The van der Waals surface area contributed by atoms with Crippen molar-refractivity contribution in [3.05, 3.63) is 35.9 Å². The molecular formula is C17H27BN2O4. The van der Waals surface area contributed by atoms with Crippen molar-refractivity contribution in [1.29, 1.82) is 0 Å². The molecule has 1 heterocycles. The summed E-state index contributed by atoms with van der Waals surface area (Å²) in [7, 11) is -1.17. The molecule has 0 aromatic heterocycles. The molecule has 0 spiro atoms. The molecule has 24 heavy (non-hydrogen) atoms. The molecule has 1 aromatic carbocycles. The van der Waals surface area contributed by atoms with Crippen molar-refractivity contribution in [2.75, 3.05) is 13.1 Å². The van der Waals surface area contributed by atoms with Crippen molar-refractivity contribution in [3.63, 3.8) is 0 Å².